The third-order valence-corrected chi connectivity index (χ3v) is 2.90. The Morgan fingerprint density at radius 1 is 1.37 bits per heavy atom. The number of benzene rings is 1. The fraction of sp³-hybridized carbons (Fsp3) is 0.500. The summed E-state index contributed by atoms with van der Waals surface area (Å²) in [4.78, 5) is 13.5. The minimum absolute atomic E-state index is 0.109. The summed E-state index contributed by atoms with van der Waals surface area (Å²) in [5.74, 6) is 0.822. The summed E-state index contributed by atoms with van der Waals surface area (Å²) >= 11 is 0. The monoisotopic (exact) mass is 265 g/mol. The number of hydrogen-bond acceptors (Lipinski definition) is 3. The lowest BCUT2D eigenvalue weighted by Crippen LogP contribution is -2.40. The number of methoxy groups -OCH3 is 1. The quantitative estimate of drug-likeness (QED) is 0.822. The zero-order valence-corrected chi connectivity index (χ0v) is 12.1. The number of carbonyl (C=O) groups excluding carboxylic acids is 1. The first-order valence-corrected chi connectivity index (χ1v) is 6.40. The van der Waals surface area contributed by atoms with Crippen molar-refractivity contribution in [1.29, 1.82) is 0 Å². The van der Waals surface area contributed by atoms with Crippen molar-refractivity contribution in [3.05, 3.63) is 29.8 Å². The lowest BCUT2D eigenvalue weighted by molar-refractivity contribution is 0.233. The Morgan fingerprint density at radius 2 is 2.11 bits per heavy atom. The molecule has 2 N–H and O–H groups in total. The van der Waals surface area contributed by atoms with E-state index in [1.54, 1.807) is 7.11 Å². The minimum Gasteiger partial charge on any atom is -0.497 e. The van der Waals surface area contributed by atoms with Crippen LogP contribution in [0, 0.1) is 0 Å². The molecule has 1 aromatic carbocycles. The number of ether oxygens (including phenoxy) is 1. The molecule has 5 nitrogen and oxygen atoms in total. The van der Waals surface area contributed by atoms with Gasteiger partial charge in [-0.3, -0.25) is 0 Å². The number of amides is 2. The van der Waals surface area contributed by atoms with E-state index in [2.05, 4.69) is 15.5 Å². The standard InChI is InChI=1S/C14H23N3O2/c1-5-15-14(18)16-10-13(17(2)3)11-7-6-8-12(9-11)19-4/h6-9,13H,5,10H2,1-4H3,(H2,15,16,18). The highest BCUT2D eigenvalue weighted by atomic mass is 16.5. The maximum absolute atomic E-state index is 11.5. The van der Waals surface area contributed by atoms with Crippen molar-refractivity contribution in [1.82, 2.24) is 15.5 Å². The molecule has 5 heteroatoms. The molecule has 0 saturated carbocycles. The minimum atomic E-state index is -0.141. The van der Waals surface area contributed by atoms with Gasteiger partial charge in [0.05, 0.1) is 13.2 Å². The van der Waals surface area contributed by atoms with E-state index in [0.29, 0.717) is 13.1 Å². The van der Waals surface area contributed by atoms with E-state index in [-0.39, 0.29) is 12.1 Å². The van der Waals surface area contributed by atoms with Crippen LogP contribution in [0.3, 0.4) is 0 Å². The number of nitrogens with one attached hydrogen (secondary N) is 2. The average Bonchev–Trinajstić information content (AvgIpc) is 2.39. The normalized spacial score (nSPS) is 12.1. The predicted molar refractivity (Wildman–Crippen MR) is 76.5 cm³/mol. The molecule has 0 aliphatic carbocycles. The van der Waals surface area contributed by atoms with Crippen molar-refractivity contribution in [3.63, 3.8) is 0 Å². The molecule has 0 aromatic heterocycles. The van der Waals surface area contributed by atoms with E-state index in [9.17, 15) is 4.79 Å². The number of rotatable bonds is 6. The van der Waals surface area contributed by atoms with Gasteiger partial charge in [-0.05, 0) is 38.7 Å². The number of nitrogens with zero attached hydrogens (tertiary/aromatic N) is 1. The fourth-order valence-electron chi connectivity index (χ4n) is 1.86. The van der Waals surface area contributed by atoms with E-state index in [0.717, 1.165) is 11.3 Å². The Morgan fingerprint density at radius 3 is 2.68 bits per heavy atom. The van der Waals surface area contributed by atoms with Crippen LogP contribution in [0.15, 0.2) is 24.3 Å². The lowest BCUT2D eigenvalue weighted by atomic mass is 10.1. The molecule has 1 aromatic rings. The van der Waals surface area contributed by atoms with Gasteiger partial charge in [0.1, 0.15) is 5.75 Å². The van der Waals surface area contributed by atoms with Crippen LogP contribution in [-0.4, -0.2) is 45.2 Å². The predicted octanol–water partition coefficient (Wildman–Crippen LogP) is 1.62. The van der Waals surface area contributed by atoms with Crippen LogP contribution in [0.25, 0.3) is 0 Å². The summed E-state index contributed by atoms with van der Waals surface area (Å²) in [5, 5.41) is 5.59. The van der Waals surface area contributed by atoms with Gasteiger partial charge in [0.25, 0.3) is 0 Å². The van der Waals surface area contributed by atoms with Gasteiger partial charge >= 0.3 is 6.03 Å². The highest BCUT2D eigenvalue weighted by Crippen LogP contribution is 2.21. The average molecular weight is 265 g/mol. The van der Waals surface area contributed by atoms with Crippen LogP contribution in [-0.2, 0) is 0 Å². The molecule has 1 unspecified atom stereocenters. The second-order valence-electron chi connectivity index (χ2n) is 4.50. The summed E-state index contributed by atoms with van der Waals surface area (Å²) in [6.45, 7) is 3.06. The molecule has 106 valence electrons. The largest absolute Gasteiger partial charge is 0.497 e. The van der Waals surface area contributed by atoms with Crippen molar-refractivity contribution >= 4 is 6.03 Å². The topological polar surface area (TPSA) is 53.6 Å². The van der Waals surface area contributed by atoms with Crippen molar-refractivity contribution in [3.8, 4) is 5.75 Å². The molecule has 0 heterocycles. The maximum Gasteiger partial charge on any atom is 0.314 e. The molecule has 1 rings (SSSR count). The molecule has 0 fully saturated rings. The van der Waals surface area contributed by atoms with Gasteiger partial charge in [-0.1, -0.05) is 12.1 Å². The molecule has 0 radical (unpaired) electrons. The van der Waals surface area contributed by atoms with E-state index in [4.69, 9.17) is 4.74 Å². The molecule has 19 heavy (non-hydrogen) atoms. The van der Waals surface area contributed by atoms with Crippen molar-refractivity contribution < 1.29 is 9.53 Å². The third-order valence-electron chi connectivity index (χ3n) is 2.90. The second kappa shape index (κ2) is 7.63. The number of urea groups is 1. The summed E-state index contributed by atoms with van der Waals surface area (Å²) in [6.07, 6.45) is 0. The van der Waals surface area contributed by atoms with Crippen LogP contribution in [0.5, 0.6) is 5.75 Å². The summed E-state index contributed by atoms with van der Waals surface area (Å²) in [7, 11) is 5.63. The Bertz CT molecular complexity index is 407. The molecule has 0 spiro atoms. The van der Waals surface area contributed by atoms with Gasteiger partial charge in [0.15, 0.2) is 0 Å². The Kier molecular flexibility index (Phi) is 6.15. The van der Waals surface area contributed by atoms with Gasteiger partial charge in [0, 0.05) is 13.1 Å². The molecule has 0 saturated heterocycles. The summed E-state index contributed by atoms with van der Waals surface area (Å²) < 4.78 is 5.23. The molecule has 0 bridgehead atoms. The summed E-state index contributed by atoms with van der Waals surface area (Å²) in [6, 6.07) is 7.86. The molecule has 2 amide bonds. The van der Waals surface area contributed by atoms with E-state index in [1.165, 1.54) is 0 Å². The van der Waals surface area contributed by atoms with E-state index in [1.807, 2.05) is 45.3 Å². The number of carbonyl (C=O) groups is 1. The van der Waals surface area contributed by atoms with E-state index >= 15 is 0 Å². The Labute approximate surface area is 114 Å². The third kappa shape index (κ3) is 4.79. The Balaban J connectivity index is 2.73. The van der Waals surface area contributed by atoms with Crippen LogP contribution >= 0.6 is 0 Å². The van der Waals surface area contributed by atoms with Gasteiger partial charge in [0.2, 0.25) is 0 Å². The second-order valence-corrected chi connectivity index (χ2v) is 4.50. The highest BCUT2D eigenvalue weighted by Gasteiger charge is 2.15. The zero-order chi connectivity index (χ0) is 14.3. The molecular weight excluding hydrogens is 242 g/mol. The van der Waals surface area contributed by atoms with Gasteiger partial charge in [-0.2, -0.15) is 0 Å². The van der Waals surface area contributed by atoms with E-state index < -0.39 is 0 Å². The number of likely N-dealkylation sites (N-methyl/N-ethyl adjacent to an activating group) is 1. The smallest absolute Gasteiger partial charge is 0.314 e. The van der Waals surface area contributed by atoms with Gasteiger partial charge in [-0.15, -0.1) is 0 Å². The van der Waals surface area contributed by atoms with Crippen LogP contribution in [0.2, 0.25) is 0 Å². The van der Waals surface area contributed by atoms with Crippen LogP contribution in [0.4, 0.5) is 4.79 Å². The van der Waals surface area contributed by atoms with Crippen molar-refractivity contribution in [2.75, 3.05) is 34.3 Å². The lowest BCUT2D eigenvalue weighted by Gasteiger charge is -2.25. The molecule has 0 aliphatic rings. The number of hydrogen-bond donors (Lipinski definition) is 2. The molecule has 0 aliphatic heterocycles. The first-order chi connectivity index (χ1) is 9.08. The first-order valence-electron chi connectivity index (χ1n) is 6.40. The van der Waals surface area contributed by atoms with Crippen LogP contribution < -0.4 is 15.4 Å². The molecular formula is C14H23N3O2. The van der Waals surface area contributed by atoms with Crippen molar-refractivity contribution in [2.45, 2.75) is 13.0 Å². The maximum atomic E-state index is 11.5. The highest BCUT2D eigenvalue weighted by molar-refractivity contribution is 5.73. The Hall–Kier alpha value is -1.75. The fourth-order valence-corrected chi connectivity index (χ4v) is 1.86. The first kappa shape index (κ1) is 15.3. The van der Waals surface area contributed by atoms with Gasteiger partial charge < -0.3 is 20.3 Å². The van der Waals surface area contributed by atoms with Gasteiger partial charge in [-0.25, -0.2) is 4.79 Å². The zero-order valence-electron chi connectivity index (χ0n) is 12.1. The molecule has 1 atom stereocenters. The summed E-state index contributed by atoms with van der Waals surface area (Å²) in [5.41, 5.74) is 1.11. The van der Waals surface area contributed by atoms with Crippen molar-refractivity contribution in [2.24, 2.45) is 0 Å². The SMILES string of the molecule is CCNC(=O)NCC(c1cccc(OC)c1)N(C)C. The van der Waals surface area contributed by atoms with Crippen LogP contribution in [0.1, 0.15) is 18.5 Å².